The van der Waals surface area contributed by atoms with E-state index in [1.807, 2.05) is 102 Å². The van der Waals surface area contributed by atoms with Gasteiger partial charge in [0.05, 0.1) is 36.9 Å². The van der Waals surface area contributed by atoms with Crippen molar-refractivity contribution in [2.45, 2.75) is 26.0 Å². The minimum atomic E-state index is -0.567. The van der Waals surface area contributed by atoms with Crippen molar-refractivity contribution in [1.29, 1.82) is 0 Å². The highest BCUT2D eigenvalue weighted by Gasteiger charge is 2.41. The number of para-hydroxylation sites is 1. The van der Waals surface area contributed by atoms with E-state index in [0.717, 1.165) is 49.7 Å². The molecule has 1 saturated heterocycles. The number of aliphatic imine (C=N–C) groups is 1. The molecule has 0 saturated carbocycles. The lowest BCUT2D eigenvalue weighted by atomic mass is 9.93. The quantitative estimate of drug-likeness (QED) is 0.274. The second-order valence-electron chi connectivity index (χ2n) is 10.9. The zero-order valence-electron chi connectivity index (χ0n) is 25.2. The molecule has 3 aromatic carbocycles. The van der Waals surface area contributed by atoms with Gasteiger partial charge in [0.25, 0.3) is 0 Å². The lowest BCUT2D eigenvalue weighted by Crippen LogP contribution is -2.42. The molecule has 0 aliphatic carbocycles. The van der Waals surface area contributed by atoms with Crippen LogP contribution in [0.25, 0.3) is 0 Å². The molecule has 3 aliphatic heterocycles. The Kier molecular flexibility index (Phi) is 9.94. The highest BCUT2D eigenvalue weighted by Crippen LogP contribution is 2.45. The van der Waals surface area contributed by atoms with Crippen LogP contribution >= 0.6 is 11.8 Å². The summed E-state index contributed by atoms with van der Waals surface area (Å²) in [5, 5.41) is 5.72. The number of nitrogens with one attached hydrogen (secondary N) is 1. The van der Waals surface area contributed by atoms with Crippen molar-refractivity contribution in [2.24, 2.45) is 4.99 Å². The molecule has 6 rings (SSSR count). The molecule has 1 N–H and O–H groups in total. The van der Waals surface area contributed by atoms with Gasteiger partial charge in [0, 0.05) is 31.9 Å². The maximum absolute atomic E-state index is 13.8. The highest BCUT2D eigenvalue weighted by atomic mass is 32.2. The monoisotopic (exact) mass is 624 g/mol. The SMILES string of the molecule is CC1=C(C(=O)OCc2ccccc2)[C@@H](c2cccc(Oc3ccccc3)c2)N2C(CC(=O)NCCN3CCOCC3)=CSC2=N1. The number of carbonyl (C=O) groups is 2. The zero-order valence-corrected chi connectivity index (χ0v) is 26.0. The van der Waals surface area contributed by atoms with Gasteiger partial charge >= 0.3 is 5.97 Å². The average Bonchev–Trinajstić information content (AvgIpc) is 3.46. The van der Waals surface area contributed by atoms with Gasteiger partial charge in [-0.05, 0) is 47.7 Å². The number of allylic oxidation sites excluding steroid dienone is 1. The van der Waals surface area contributed by atoms with Crippen molar-refractivity contribution in [1.82, 2.24) is 15.1 Å². The van der Waals surface area contributed by atoms with E-state index in [1.165, 1.54) is 11.8 Å². The summed E-state index contributed by atoms with van der Waals surface area (Å²) in [7, 11) is 0. The number of morpholine rings is 1. The molecule has 1 fully saturated rings. The van der Waals surface area contributed by atoms with Crippen LogP contribution < -0.4 is 10.1 Å². The minimum Gasteiger partial charge on any atom is -0.457 e. The van der Waals surface area contributed by atoms with Gasteiger partial charge in [0.15, 0.2) is 5.17 Å². The number of fused-ring (bicyclic) bond motifs is 1. The van der Waals surface area contributed by atoms with Gasteiger partial charge in [-0.25, -0.2) is 9.79 Å². The molecule has 0 unspecified atom stereocenters. The third-order valence-electron chi connectivity index (χ3n) is 7.78. The molecule has 0 bridgehead atoms. The first-order valence-corrected chi connectivity index (χ1v) is 16.0. The summed E-state index contributed by atoms with van der Waals surface area (Å²) in [5.74, 6) is 0.803. The first-order chi connectivity index (χ1) is 22.0. The van der Waals surface area contributed by atoms with Gasteiger partial charge < -0.3 is 24.4 Å². The van der Waals surface area contributed by atoms with E-state index in [2.05, 4.69) is 10.2 Å². The Morgan fingerprint density at radius 1 is 0.978 bits per heavy atom. The molecular weight excluding hydrogens is 588 g/mol. The number of rotatable bonds is 11. The first kappa shape index (κ1) is 30.6. The molecule has 232 valence electrons. The van der Waals surface area contributed by atoms with E-state index < -0.39 is 12.0 Å². The predicted octanol–water partition coefficient (Wildman–Crippen LogP) is 5.64. The largest absolute Gasteiger partial charge is 0.457 e. The van der Waals surface area contributed by atoms with Gasteiger partial charge in [0.1, 0.15) is 18.1 Å². The van der Waals surface area contributed by atoms with Crippen molar-refractivity contribution in [3.63, 3.8) is 0 Å². The lowest BCUT2D eigenvalue weighted by Gasteiger charge is -2.36. The second-order valence-corrected chi connectivity index (χ2v) is 11.8. The topological polar surface area (TPSA) is 92.7 Å². The first-order valence-electron chi connectivity index (χ1n) is 15.1. The Morgan fingerprint density at radius 3 is 2.49 bits per heavy atom. The number of nitrogens with zero attached hydrogens (tertiary/aromatic N) is 3. The fraction of sp³-hybridized carbons (Fsp3) is 0.286. The number of amides is 1. The van der Waals surface area contributed by atoms with E-state index in [-0.39, 0.29) is 18.9 Å². The molecule has 10 heteroatoms. The normalized spacial score (nSPS) is 18.2. The molecule has 3 aliphatic rings. The van der Waals surface area contributed by atoms with E-state index >= 15 is 0 Å². The van der Waals surface area contributed by atoms with Crippen LogP contribution in [0.2, 0.25) is 0 Å². The van der Waals surface area contributed by atoms with Crippen LogP contribution in [-0.4, -0.2) is 66.2 Å². The molecule has 0 radical (unpaired) electrons. The van der Waals surface area contributed by atoms with Gasteiger partial charge in [-0.3, -0.25) is 9.69 Å². The van der Waals surface area contributed by atoms with E-state index in [1.54, 1.807) is 0 Å². The van der Waals surface area contributed by atoms with Crippen molar-refractivity contribution in [3.05, 3.63) is 118 Å². The molecule has 3 aromatic rings. The summed E-state index contributed by atoms with van der Waals surface area (Å²) >= 11 is 1.45. The molecule has 45 heavy (non-hydrogen) atoms. The van der Waals surface area contributed by atoms with Gasteiger partial charge in [0.2, 0.25) is 5.91 Å². The number of ether oxygens (including phenoxy) is 3. The van der Waals surface area contributed by atoms with Gasteiger partial charge in [-0.2, -0.15) is 0 Å². The number of esters is 1. The van der Waals surface area contributed by atoms with Crippen LogP contribution in [0.5, 0.6) is 11.5 Å². The summed E-state index contributed by atoms with van der Waals surface area (Å²) in [6, 6.07) is 26.3. The highest BCUT2D eigenvalue weighted by molar-refractivity contribution is 8.16. The van der Waals surface area contributed by atoms with Crippen LogP contribution in [0.4, 0.5) is 0 Å². The summed E-state index contributed by atoms with van der Waals surface area (Å²) in [4.78, 5) is 36.1. The smallest absolute Gasteiger partial charge is 0.338 e. The Hall–Kier alpha value is -4.38. The summed E-state index contributed by atoms with van der Waals surface area (Å²) in [6.45, 7) is 6.48. The molecule has 3 heterocycles. The standard InChI is InChI=1S/C35H36N4O5S/c1-25-32(34(41)43-23-26-9-4-2-5-10-26)33(27-11-8-14-30(21-27)44-29-12-6-3-7-13-29)39-28(24-45-35(39)37-25)22-31(40)36-15-16-38-17-19-42-20-18-38/h2-14,21,24,33H,15-20,22-23H2,1H3,(H,36,40)/t33-/m1/s1. The van der Waals surface area contributed by atoms with Crippen LogP contribution in [0.15, 0.2) is 112 Å². The van der Waals surface area contributed by atoms with Crippen molar-refractivity contribution in [2.75, 3.05) is 39.4 Å². The number of hydrogen-bond donors (Lipinski definition) is 1. The third-order valence-corrected chi connectivity index (χ3v) is 8.67. The molecule has 9 nitrogen and oxygen atoms in total. The Morgan fingerprint density at radius 2 is 1.71 bits per heavy atom. The van der Waals surface area contributed by atoms with Gasteiger partial charge in [-0.1, -0.05) is 72.4 Å². The van der Waals surface area contributed by atoms with Crippen molar-refractivity contribution in [3.8, 4) is 11.5 Å². The number of hydrogen-bond acceptors (Lipinski definition) is 9. The van der Waals surface area contributed by atoms with E-state index in [4.69, 9.17) is 19.2 Å². The zero-order chi connectivity index (χ0) is 31.0. The predicted molar refractivity (Wildman–Crippen MR) is 174 cm³/mol. The minimum absolute atomic E-state index is 0.0873. The Balaban J connectivity index is 1.25. The van der Waals surface area contributed by atoms with Crippen molar-refractivity contribution >= 4 is 28.8 Å². The molecule has 0 aromatic heterocycles. The summed E-state index contributed by atoms with van der Waals surface area (Å²) in [5.41, 5.74) is 3.49. The number of benzene rings is 3. The van der Waals surface area contributed by atoms with E-state index in [9.17, 15) is 9.59 Å². The third kappa shape index (κ3) is 7.65. The average molecular weight is 625 g/mol. The molecular formula is C35H36N4O5S. The van der Waals surface area contributed by atoms with Crippen LogP contribution in [0.1, 0.15) is 30.5 Å². The lowest BCUT2D eigenvalue weighted by molar-refractivity contribution is -0.141. The fourth-order valence-corrected chi connectivity index (χ4v) is 6.49. The fourth-order valence-electron chi connectivity index (χ4n) is 5.52. The summed E-state index contributed by atoms with van der Waals surface area (Å²) < 4.78 is 17.4. The Bertz CT molecular complexity index is 1600. The number of amidine groups is 1. The molecule has 0 spiro atoms. The van der Waals surface area contributed by atoms with E-state index in [0.29, 0.717) is 34.5 Å². The second kappa shape index (κ2) is 14.6. The molecule has 1 amide bonds. The number of carbonyl (C=O) groups excluding carboxylic acids is 2. The van der Waals surface area contributed by atoms with Crippen LogP contribution in [0, 0.1) is 0 Å². The van der Waals surface area contributed by atoms with Crippen LogP contribution in [0.3, 0.4) is 0 Å². The number of thioether (sulfide) groups is 1. The van der Waals surface area contributed by atoms with Crippen LogP contribution in [-0.2, 0) is 25.7 Å². The summed E-state index contributed by atoms with van der Waals surface area (Å²) in [6.07, 6.45) is 0.150. The maximum atomic E-state index is 13.8. The maximum Gasteiger partial charge on any atom is 0.338 e. The van der Waals surface area contributed by atoms with Crippen molar-refractivity contribution < 1.29 is 23.8 Å². The van der Waals surface area contributed by atoms with Gasteiger partial charge in [-0.15, -0.1) is 0 Å². The molecule has 1 atom stereocenters. The Labute approximate surface area is 267 Å².